The fourth-order valence-electron chi connectivity index (χ4n) is 6.23. The number of nitrogens with zero attached hydrogens (tertiary/aromatic N) is 2. The zero-order valence-electron chi connectivity index (χ0n) is 26.1. The van der Waals surface area contributed by atoms with Gasteiger partial charge >= 0.3 is 0 Å². The van der Waals surface area contributed by atoms with Gasteiger partial charge in [0.15, 0.2) is 10.9 Å². The highest BCUT2D eigenvalue weighted by molar-refractivity contribution is 7.94. The molecular formula is C36H24N2O10S2. The predicted octanol–water partition coefficient (Wildman–Crippen LogP) is 6.29. The molecule has 7 rings (SSSR count). The number of carbonyl (C=O) groups is 2. The van der Waals surface area contributed by atoms with Crippen LogP contribution in [0.5, 0.6) is 0 Å². The summed E-state index contributed by atoms with van der Waals surface area (Å²) in [5.74, 6) is -1.50. The zero-order chi connectivity index (χ0) is 35.5. The van der Waals surface area contributed by atoms with E-state index in [9.17, 15) is 32.1 Å². The van der Waals surface area contributed by atoms with Gasteiger partial charge in [0.2, 0.25) is 0 Å². The average molecular weight is 709 g/mol. The first-order chi connectivity index (χ1) is 23.9. The van der Waals surface area contributed by atoms with E-state index in [4.69, 9.17) is 5.26 Å². The van der Waals surface area contributed by atoms with Gasteiger partial charge in [-0.25, -0.2) is 5.26 Å². The number of benzene rings is 5. The molecular weight excluding hydrogens is 685 g/mol. The van der Waals surface area contributed by atoms with Crippen molar-refractivity contribution in [1.82, 2.24) is 9.13 Å². The second kappa shape index (κ2) is 12.4. The first-order valence-electron chi connectivity index (χ1n) is 14.9. The summed E-state index contributed by atoms with van der Waals surface area (Å²) in [4.78, 5) is 57.0. The first-order valence-corrected chi connectivity index (χ1v) is 17.1. The molecule has 7 aromatic rings. The Morgan fingerprint density at radius 1 is 0.640 bits per heavy atom. The molecule has 0 fully saturated rings. The molecule has 0 aliphatic heterocycles. The van der Waals surface area contributed by atoms with Gasteiger partial charge in [-0.3, -0.25) is 32.9 Å². The van der Waals surface area contributed by atoms with Gasteiger partial charge in [0.05, 0.1) is 50.1 Å². The highest BCUT2D eigenvalue weighted by Crippen LogP contribution is 2.31. The zero-order valence-corrected chi connectivity index (χ0v) is 27.7. The van der Waals surface area contributed by atoms with E-state index in [0.29, 0.717) is 17.6 Å². The monoisotopic (exact) mass is 708 g/mol. The number of hydrogen-bond donors (Lipinski definition) is 2. The van der Waals surface area contributed by atoms with E-state index in [1.165, 1.54) is 41.0 Å². The van der Waals surface area contributed by atoms with E-state index < -0.39 is 37.7 Å². The third-order valence-electron chi connectivity index (χ3n) is 8.43. The van der Waals surface area contributed by atoms with Gasteiger partial charge < -0.3 is 0 Å². The second-order valence-corrected chi connectivity index (χ2v) is 13.7. The standard InChI is InChI=1S/C36H24N2O10S2/c1-19-11-13-27-23(15-19)33(39)25-18-30-26(17-29(25)37(27)35(41)21-7-3-5-9-31(21)49-48-47-43)34(40)24-16-20(2)12-14-28(24)38(30)36(42)22-8-4-6-10-32(22)50(44,45)46/h3-18,43H,1-2H3,(H,44,45,46). The van der Waals surface area contributed by atoms with Crippen LogP contribution in [-0.2, 0) is 19.5 Å². The third-order valence-corrected chi connectivity index (χ3v) is 10.0. The Bertz CT molecular complexity index is 2840. The molecule has 2 heterocycles. The lowest BCUT2D eigenvalue weighted by atomic mass is 10.0. The van der Waals surface area contributed by atoms with Crippen LogP contribution in [-0.4, -0.2) is 39.2 Å². The summed E-state index contributed by atoms with van der Waals surface area (Å²) >= 11 is 0.580. The van der Waals surface area contributed by atoms with Crippen molar-refractivity contribution in [3.63, 3.8) is 0 Å². The van der Waals surface area contributed by atoms with Gasteiger partial charge in [-0.1, -0.05) is 52.6 Å². The summed E-state index contributed by atoms with van der Waals surface area (Å²) in [6.45, 7) is 3.54. The Hall–Kier alpha value is -5.48. The maximum Gasteiger partial charge on any atom is 0.295 e. The smallest absolute Gasteiger partial charge is 0.288 e. The largest absolute Gasteiger partial charge is 0.295 e. The number of hydrogen-bond acceptors (Lipinski definition) is 10. The van der Waals surface area contributed by atoms with Crippen molar-refractivity contribution in [3.05, 3.63) is 140 Å². The number of fused-ring (bicyclic) bond motifs is 4. The highest BCUT2D eigenvalue weighted by atomic mass is 32.2. The number of aromatic nitrogens is 2. The van der Waals surface area contributed by atoms with Gasteiger partial charge in [0.25, 0.3) is 21.9 Å². The Morgan fingerprint density at radius 3 is 1.62 bits per heavy atom. The van der Waals surface area contributed by atoms with Crippen LogP contribution in [0.15, 0.2) is 116 Å². The average Bonchev–Trinajstić information content (AvgIpc) is 3.10. The number of pyridine rings is 2. The second-order valence-electron chi connectivity index (χ2n) is 11.6. The lowest BCUT2D eigenvalue weighted by molar-refractivity contribution is -0.432. The van der Waals surface area contributed by atoms with Crippen molar-refractivity contribution in [2.75, 3.05) is 0 Å². The summed E-state index contributed by atoms with van der Waals surface area (Å²) in [6, 6.07) is 23.9. The Labute approximate surface area is 286 Å². The molecule has 50 heavy (non-hydrogen) atoms. The predicted molar refractivity (Wildman–Crippen MR) is 187 cm³/mol. The van der Waals surface area contributed by atoms with Crippen molar-refractivity contribution >= 4 is 77.6 Å². The van der Waals surface area contributed by atoms with E-state index in [2.05, 4.69) is 9.37 Å². The maximum atomic E-state index is 14.5. The maximum absolute atomic E-state index is 14.5. The number of rotatable bonds is 6. The molecule has 0 spiro atoms. The van der Waals surface area contributed by atoms with E-state index in [1.807, 2.05) is 0 Å². The van der Waals surface area contributed by atoms with Crippen LogP contribution in [0.3, 0.4) is 0 Å². The van der Waals surface area contributed by atoms with E-state index in [0.717, 1.165) is 16.2 Å². The van der Waals surface area contributed by atoms with Gasteiger partial charge in [0, 0.05) is 21.5 Å². The molecule has 2 N–H and O–H groups in total. The van der Waals surface area contributed by atoms with E-state index in [-0.39, 0.29) is 59.6 Å². The molecule has 2 aromatic heterocycles. The summed E-state index contributed by atoms with van der Waals surface area (Å²) < 4.78 is 41.7. The molecule has 0 bridgehead atoms. The molecule has 0 aliphatic carbocycles. The van der Waals surface area contributed by atoms with Crippen LogP contribution < -0.4 is 10.9 Å². The minimum absolute atomic E-state index is 0.0143. The van der Waals surface area contributed by atoms with Crippen LogP contribution in [0.2, 0.25) is 0 Å². The highest BCUT2D eigenvalue weighted by Gasteiger charge is 2.26. The Kier molecular flexibility index (Phi) is 8.22. The molecule has 14 heteroatoms. The number of carbonyl (C=O) groups excluding carboxylic acids is 2. The number of aryl methyl sites for hydroxylation is 2. The molecule has 250 valence electrons. The fourth-order valence-corrected chi connectivity index (χ4v) is 7.40. The van der Waals surface area contributed by atoms with Crippen LogP contribution in [0.4, 0.5) is 0 Å². The molecule has 0 unspecified atom stereocenters. The minimum Gasteiger partial charge on any atom is -0.288 e. The summed E-state index contributed by atoms with van der Waals surface area (Å²) in [5.41, 5.74) is 0.588. The summed E-state index contributed by atoms with van der Waals surface area (Å²) in [7, 11) is -4.85. The van der Waals surface area contributed by atoms with Gasteiger partial charge in [-0.05, 0) is 74.5 Å². The molecule has 0 saturated heterocycles. The van der Waals surface area contributed by atoms with Crippen molar-refractivity contribution < 1.29 is 37.2 Å². The van der Waals surface area contributed by atoms with E-state index in [1.54, 1.807) is 68.4 Å². The third kappa shape index (κ3) is 5.40. The molecule has 0 saturated carbocycles. The van der Waals surface area contributed by atoms with Crippen LogP contribution in [0.25, 0.3) is 43.6 Å². The summed E-state index contributed by atoms with van der Waals surface area (Å²) in [5, 5.41) is 12.7. The summed E-state index contributed by atoms with van der Waals surface area (Å²) in [6.07, 6.45) is 0. The van der Waals surface area contributed by atoms with Crippen LogP contribution >= 0.6 is 12.0 Å². The Morgan fingerprint density at radius 2 is 1.10 bits per heavy atom. The molecule has 0 amide bonds. The SMILES string of the molecule is Cc1ccc2c(c1)c(=O)c1cc3c(cc1n2C(=O)c1ccccc1SOOO)c(=O)c1cc(C)ccc1n3C(=O)c1ccccc1S(=O)(=O)O. The van der Waals surface area contributed by atoms with Gasteiger partial charge in [-0.15, -0.1) is 4.33 Å². The molecule has 5 aromatic carbocycles. The quantitative estimate of drug-likeness (QED) is 0.0654. The lowest BCUT2D eigenvalue weighted by Gasteiger charge is -2.19. The Balaban J connectivity index is 1.65. The van der Waals surface area contributed by atoms with Gasteiger partial charge in [-0.2, -0.15) is 8.42 Å². The molecule has 0 radical (unpaired) electrons. The van der Waals surface area contributed by atoms with Crippen molar-refractivity contribution in [3.8, 4) is 0 Å². The van der Waals surface area contributed by atoms with E-state index >= 15 is 0 Å². The van der Waals surface area contributed by atoms with Crippen LogP contribution in [0, 0.1) is 13.8 Å². The van der Waals surface area contributed by atoms with Crippen molar-refractivity contribution in [2.45, 2.75) is 23.6 Å². The molecule has 12 nitrogen and oxygen atoms in total. The minimum atomic E-state index is -4.85. The van der Waals surface area contributed by atoms with Gasteiger partial charge in [0.1, 0.15) is 4.90 Å². The molecule has 0 aliphatic rings. The first kappa shape index (κ1) is 33.0. The molecule has 0 atom stereocenters. The van der Waals surface area contributed by atoms with Crippen LogP contribution in [0.1, 0.15) is 31.8 Å². The topological polar surface area (TPSA) is 171 Å². The van der Waals surface area contributed by atoms with Crippen molar-refractivity contribution in [1.29, 1.82) is 0 Å². The van der Waals surface area contributed by atoms with Crippen molar-refractivity contribution in [2.24, 2.45) is 0 Å². The fraction of sp³-hybridized carbons (Fsp3) is 0.0556. The lowest BCUT2D eigenvalue weighted by Crippen LogP contribution is -2.23. The normalized spacial score (nSPS) is 11.9.